The number of fused-ring (bicyclic) bond motifs is 1. The summed E-state index contributed by atoms with van der Waals surface area (Å²) >= 11 is 0. The number of benzene rings is 1. The van der Waals surface area contributed by atoms with Crippen LogP contribution in [0.2, 0.25) is 0 Å². The number of aromatic nitrogens is 2. The molecular formula is C14H12N2. The molecule has 16 heavy (non-hydrogen) atoms. The molecule has 0 amide bonds. The third kappa shape index (κ3) is 1.31. The summed E-state index contributed by atoms with van der Waals surface area (Å²) in [6.45, 7) is 2.12. The lowest BCUT2D eigenvalue weighted by Crippen LogP contribution is -1.95. The third-order valence-corrected chi connectivity index (χ3v) is 2.82. The van der Waals surface area contributed by atoms with E-state index in [1.54, 1.807) is 0 Å². The maximum Gasteiger partial charge on any atom is 0.144 e. The van der Waals surface area contributed by atoms with Crippen LogP contribution in [0, 0.1) is 6.92 Å². The summed E-state index contributed by atoms with van der Waals surface area (Å²) in [6.07, 6.45) is 3.90. The van der Waals surface area contributed by atoms with E-state index in [9.17, 15) is 0 Å². The van der Waals surface area contributed by atoms with E-state index in [0.717, 1.165) is 5.65 Å². The molecule has 2 heteroatoms. The Balaban J connectivity index is 2.31. The Kier molecular flexibility index (Phi) is 2.00. The van der Waals surface area contributed by atoms with Gasteiger partial charge in [-0.2, -0.15) is 0 Å². The first-order chi connectivity index (χ1) is 7.86. The minimum Gasteiger partial charge on any atom is -0.301 e. The predicted molar refractivity (Wildman–Crippen MR) is 65.8 cm³/mol. The molecule has 0 saturated carbocycles. The zero-order valence-electron chi connectivity index (χ0n) is 9.09. The van der Waals surface area contributed by atoms with E-state index in [-0.39, 0.29) is 0 Å². The lowest BCUT2D eigenvalue weighted by Gasteiger charge is -2.07. The largest absolute Gasteiger partial charge is 0.301 e. The minimum absolute atomic E-state index is 1.01. The first-order valence-corrected chi connectivity index (χ1v) is 5.34. The van der Waals surface area contributed by atoms with Crippen LogP contribution in [-0.4, -0.2) is 9.55 Å². The van der Waals surface area contributed by atoms with Crippen molar-refractivity contribution >= 4 is 11.0 Å². The van der Waals surface area contributed by atoms with Gasteiger partial charge in [-0.1, -0.05) is 18.2 Å². The SMILES string of the molecule is Cc1ccccc1-n1ccc2cccnc21. The first-order valence-electron chi connectivity index (χ1n) is 5.34. The molecule has 0 aliphatic carbocycles. The molecule has 0 radical (unpaired) electrons. The standard InChI is InChI=1S/C14H12N2/c1-11-5-2-3-7-13(11)16-10-8-12-6-4-9-15-14(12)16/h2-10H,1H3. The molecular weight excluding hydrogens is 196 g/mol. The molecule has 0 spiro atoms. The van der Waals surface area contributed by atoms with E-state index < -0.39 is 0 Å². The fourth-order valence-corrected chi connectivity index (χ4v) is 1.99. The average molecular weight is 208 g/mol. The molecule has 0 bridgehead atoms. The monoisotopic (exact) mass is 208 g/mol. The van der Waals surface area contributed by atoms with Crippen LogP contribution in [0.25, 0.3) is 16.7 Å². The van der Waals surface area contributed by atoms with Crippen LogP contribution in [0.5, 0.6) is 0 Å². The molecule has 0 atom stereocenters. The normalized spacial score (nSPS) is 10.8. The van der Waals surface area contributed by atoms with Crippen molar-refractivity contribution in [3.05, 3.63) is 60.4 Å². The summed E-state index contributed by atoms with van der Waals surface area (Å²) in [4.78, 5) is 4.42. The number of hydrogen-bond acceptors (Lipinski definition) is 1. The van der Waals surface area contributed by atoms with Crippen molar-refractivity contribution in [3.8, 4) is 5.69 Å². The van der Waals surface area contributed by atoms with E-state index >= 15 is 0 Å². The summed E-state index contributed by atoms with van der Waals surface area (Å²) in [6, 6.07) is 14.5. The number of hydrogen-bond donors (Lipinski definition) is 0. The van der Waals surface area contributed by atoms with Crippen molar-refractivity contribution in [2.75, 3.05) is 0 Å². The van der Waals surface area contributed by atoms with E-state index in [2.05, 4.69) is 59.1 Å². The van der Waals surface area contributed by atoms with Crippen LogP contribution in [0.3, 0.4) is 0 Å². The van der Waals surface area contributed by atoms with Gasteiger partial charge in [-0.3, -0.25) is 0 Å². The molecule has 2 heterocycles. The zero-order valence-corrected chi connectivity index (χ0v) is 9.09. The molecule has 0 aliphatic heterocycles. The Hall–Kier alpha value is -2.09. The highest BCUT2D eigenvalue weighted by Crippen LogP contribution is 2.20. The number of aryl methyl sites for hydroxylation is 1. The lowest BCUT2D eigenvalue weighted by molar-refractivity contribution is 1.07. The van der Waals surface area contributed by atoms with Gasteiger partial charge in [0.05, 0.1) is 0 Å². The van der Waals surface area contributed by atoms with Crippen LogP contribution >= 0.6 is 0 Å². The van der Waals surface area contributed by atoms with E-state index in [0.29, 0.717) is 0 Å². The summed E-state index contributed by atoms with van der Waals surface area (Å²) in [5, 5.41) is 1.17. The highest BCUT2D eigenvalue weighted by atomic mass is 15.0. The second-order valence-corrected chi connectivity index (χ2v) is 3.89. The van der Waals surface area contributed by atoms with Gasteiger partial charge in [0.15, 0.2) is 0 Å². The second-order valence-electron chi connectivity index (χ2n) is 3.89. The molecule has 0 fully saturated rings. The van der Waals surface area contributed by atoms with Gasteiger partial charge in [0, 0.05) is 23.5 Å². The average Bonchev–Trinajstić information content (AvgIpc) is 2.74. The van der Waals surface area contributed by atoms with E-state index in [1.165, 1.54) is 16.6 Å². The van der Waals surface area contributed by atoms with Gasteiger partial charge in [-0.15, -0.1) is 0 Å². The minimum atomic E-state index is 1.01. The first kappa shape index (κ1) is 9.16. The Morgan fingerprint density at radius 2 is 1.88 bits per heavy atom. The molecule has 1 aromatic carbocycles. The molecule has 0 unspecified atom stereocenters. The van der Waals surface area contributed by atoms with E-state index in [4.69, 9.17) is 0 Å². The molecule has 2 aromatic heterocycles. The molecule has 2 nitrogen and oxygen atoms in total. The fourth-order valence-electron chi connectivity index (χ4n) is 1.99. The van der Waals surface area contributed by atoms with Crippen LogP contribution in [0.1, 0.15) is 5.56 Å². The summed E-state index contributed by atoms with van der Waals surface area (Å²) in [7, 11) is 0. The highest BCUT2D eigenvalue weighted by Gasteiger charge is 2.04. The lowest BCUT2D eigenvalue weighted by atomic mass is 10.2. The Bertz CT molecular complexity index is 638. The fraction of sp³-hybridized carbons (Fsp3) is 0.0714. The predicted octanol–water partition coefficient (Wildman–Crippen LogP) is 3.33. The van der Waals surface area contributed by atoms with Gasteiger partial charge in [0.2, 0.25) is 0 Å². The van der Waals surface area contributed by atoms with Gasteiger partial charge >= 0.3 is 0 Å². The van der Waals surface area contributed by atoms with Crippen molar-refractivity contribution in [3.63, 3.8) is 0 Å². The van der Waals surface area contributed by atoms with Crippen molar-refractivity contribution in [1.82, 2.24) is 9.55 Å². The van der Waals surface area contributed by atoms with Gasteiger partial charge < -0.3 is 4.57 Å². The number of pyridine rings is 1. The molecule has 3 rings (SSSR count). The molecule has 3 aromatic rings. The Morgan fingerprint density at radius 1 is 1.00 bits per heavy atom. The van der Waals surface area contributed by atoms with Crippen molar-refractivity contribution in [2.24, 2.45) is 0 Å². The summed E-state index contributed by atoms with van der Waals surface area (Å²) < 4.78 is 2.13. The second kappa shape index (κ2) is 3.49. The van der Waals surface area contributed by atoms with Gasteiger partial charge in [0.25, 0.3) is 0 Å². The van der Waals surface area contributed by atoms with Gasteiger partial charge in [-0.05, 0) is 36.8 Å². The number of nitrogens with zero attached hydrogens (tertiary/aromatic N) is 2. The Morgan fingerprint density at radius 3 is 2.75 bits per heavy atom. The smallest absolute Gasteiger partial charge is 0.144 e. The summed E-state index contributed by atoms with van der Waals surface area (Å²) in [5.74, 6) is 0. The molecule has 0 N–H and O–H groups in total. The van der Waals surface area contributed by atoms with Crippen LogP contribution in [0.4, 0.5) is 0 Å². The molecule has 78 valence electrons. The van der Waals surface area contributed by atoms with Crippen molar-refractivity contribution in [1.29, 1.82) is 0 Å². The highest BCUT2D eigenvalue weighted by molar-refractivity contribution is 5.78. The number of rotatable bonds is 1. The van der Waals surface area contributed by atoms with Crippen LogP contribution in [0.15, 0.2) is 54.9 Å². The van der Waals surface area contributed by atoms with Gasteiger partial charge in [-0.25, -0.2) is 4.98 Å². The quantitative estimate of drug-likeness (QED) is 0.599. The number of para-hydroxylation sites is 1. The van der Waals surface area contributed by atoms with Crippen molar-refractivity contribution < 1.29 is 0 Å². The van der Waals surface area contributed by atoms with Crippen LogP contribution in [-0.2, 0) is 0 Å². The maximum absolute atomic E-state index is 4.42. The van der Waals surface area contributed by atoms with Crippen molar-refractivity contribution in [2.45, 2.75) is 6.92 Å². The molecule has 0 saturated heterocycles. The zero-order chi connectivity index (χ0) is 11.0. The maximum atomic E-state index is 4.42. The topological polar surface area (TPSA) is 17.8 Å². The van der Waals surface area contributed by atoms with Crippen LogP contribution < -0.4 is 0 Å². The Labute approximate surface area is 94.2 Å². The summed E-state index contributed by atoms with van der Waals surface area (Å²) in [5.41, 5.74) is 3.46. The third-order valence-electron chi connectivity index (χ3n) is 2.82. The molecule has 0 aliphatic rings. The van der Waals surface area contributed by atoms with Gasteiger partial charge in [0.1, 0.15) is 5.65 Å². The van der Waals surface area contributed by atoms with E-state index in [1.807, 2.05) is 12.3 Å².